The number of hydrogen-bond donors (Lipinski definition) is 4. The zero-order chi connectivity index (χ0) is 26.1. The molecule has 0 spiro atoms. The molecule has 0 saturated heterocycles. The summed E-state index contributed by atoms with van der Waals surface area (Å²) in [6, 6.07) is 10.4. The average Bonchev–Trinajstić information content (AvgIpc) is 3.07. The summed E-state index contributed by atoms with van der Waals surface area (Å²) in [6.07, 6.45) is 0.727. The van der Waals surface area contributed by atoms with Gasteiger partial charge in [-0.05, 0) is 53.8 Å². The van der Waals surface area contributed by atoms with Crippen LogP contribution in [0, 0.1) is 5.92 Å². The number of nitrogens with zero attached hydrogens (tertiary/aromatic N) is 2. The number of aliphatic hydroxyl groups excluding tert-OH is 1. The lowest BCUT2D eigenvalue weighted by molar-refractivity contribution is -0.137. The van der Waals surface area contributed by atoms with E-state index in [-0.39, 0.29) is 36.1 Å². The van der Waals surface area contributed by atoms with Gasteiger partial charge in [-0.1, -0.05) is 39.8 Å². The molecule has 2 atom stereocenters. The van der Waals surface area contributed by atoms with Crippen LogP contribution in [0.1, 0.15) is 45.2 Å². The highest BCUT2D eigenvalue weighted by molar-refractivity contribution is 5.54. The fraction of sp³-hybridized carbons (Fsp3) is 0.444. The molecule has 36 heavy (non-hydrogen) atoms. The average molecular weight is 502 g/mol. The molecule has 194 valence electrons. The monoisotopic (exact) mass is 501 g/mol. The minimum Gasteiger partial charge on any atom is -0.395 e. The molecule has 1 aromatic heterocycles. The van der Waals surface area contributed by atoms with Gasteiger partial charge in [0.15, 0.2) is 0 Å². The Morgan fingerprint density at radius 3 is 2.53 bits per heavy atom. The van der Waals surface area contributed by atoms with Gasteiger partial charge in [-0.3, -0.25) is 5.32 Å². The molecule has 4 N–H and O–H groups in total. The highest BCUT2D eigenvalue weighted by Gasteiger charge is 2.36. The third-order valence-electron chi connectivity index (χ3n) is 6.80. The van der Waals surface area contributed by atoms with Gasteiger partial charge in [0, 0.05) is 35.7 Å². The van der Waals surface area contributed by atoms with Crippen molar-refractivity contribution in [2.45, 2.75) is 58.0 Å². The van der Waals surface area contributed by atoms with Gasteiger partial charge in [0.2, 0.25) is 0 Å². The summed E-state index contributed by atoms with van der Waals surface area (Å²) >= 11 is 0. The van der Waals surface area contributed by atoms with E-state index < -0.39 is 11.7 Å². The van der Waals surface area contributed by atoms with Crippen LogP contribution >= 0.6 is 0 Å². The number of alkyl halides is 3. The van der Waals surface area contributed by atoms with Gasteiger partial charge in [0.1, 0.15) is 12.0 Å². The number of anilines is 2. The van der Waals surface area contributed by atoms with Crippen molar-refractivity contribution in [3.8, 4) is 0 Å². The molecule has 9 heteroatoms. The van der Waals surface area contributed by atoms with E-state index >= 15 is 0 Å². The molecule has 0 aliphatic carbocycles. The van der Waals surface area contributed by atoms with Crippen LogP contribution in [0.5, 0.6) is 0 Å². The largest absolute Gasteiger partial charge is 0.419 e. The Labute approximate surface area is 210 Å². The molecule has 6 nitrogen and oxygen atoms in total. The van der Waals surface area contributed by atoms with Crippen molar-refractivity contribution >= 4 is 11.5 Å². The van der Waals surface area contributed by atoms with Crippen LogP contribution in [0.2, 0.25) is 0 Å². The maximum atomic E-state index is 13.6. The van der Waals surface area contributed by atoms with Gasteiger partial charge < -0.3 is 20.6 Å². The van der Waals surface area contributed by atoms with Crippen LogP contribution in [-0.2, 0) is 11.6 Å². The first-order chi connectivity index (χ1) is 17.0. The van der Waals surface area contributed by atoms with E-state index in [9.17, 15) is 18.3 Å². The molecule has 0 bridgehead atoms. The molecule has 2 aliphatic heterocycles. The van der Waals surface area contributed by atoms with Gasteiger partial charge in [-0.15, -0.1) is 0 Å². The number of hydrogen-bond acceptors (Lipinski definition) is 6. The lowest BCUT2D eigenvalue weighted by atomic mass is 9.85. The second-order valence-corrected chi connectivity index (χ2v) is 10.3. The Morgan fingerprint density at radius 1 is 1.17 bits per heavy atom. The van der Waals surface area contributed by atoms with Crippen molar-refractivity contribution in [1.82, 2.24) is 15.6 Å². The minimum atomic E-state index is -4.49. The van der Waals surface area contributed by atoms with E-state index in [1.807, 2.05) is 44.2 Å². The van der Waals surface area contributed by atoms with Crippen molar-refractivity contribution in [3.63, 3.8) is 0 Å². The quantitative estimate of drug-likeness (QED) is 0.449. The van der Waals surface area contributed by atoms with Crippen molar-refractivity contribution < 1.29 is 18.3 Å². The summed E-state index contributed by atoms with van der Waals surface area (Å²) < 4.78 is 40.9. The summed E-state index contributed by atoms with van der Waals surface area (Å²) in [6.45, 7) is 8.60. The molecule has 0 radical (unpaired) electrons. The van der Waals surface area contributed by atoms with E-state index in [1.54, 1.807) is 11.1 Å². The number of halogens is 3. The lowest BCUT2D eigenvalue weighted by Gasteiger charge is -2.38. The molecular formula is C27H34F3N5O. The third kappa shape index (κ3) is 5.52. The van der Waals surface area contributed by atoms with Crippen LogP contribution in [0.25, 0.3) is 0 Å². The number of allylic oxidation sites excluding steroid dienone is 1. The standard InChI is InChI=1S/C27H34F3N5O/c1-17(2)23-33-22-12-15-35(25-21(27(28,29)30)6-5-13-31-25)14-11-20(22)24(34-23)32-19-9-7-18(8-10-19)26(3,4)16-36/h5-10,12-13,15,17,23-24,32-34,36H,11,14,16H2,1-4H3. The summed E-state index contributed by atoms with van der Waals surface area (Å²) in [7, 11) is 0. The van der Waals surface area contributed by atoms with Gasteiger partial charge in [-0.25, -0.2) is 4.98 Å². The van der Waals surface area contributed by atoms with Crippen molar-refractivity contribution in [1.29, 1.82) is 0 Å². The molecule has 3 heterocycles. The van der Waals surface area contributed by atoms with E-state index in [2.05, 4.69) is 34.8 Å². The number of aromatic nitrogens is 1. The van der Waals surface area contributed by atoms with E-state index in [0.717, 1.165) is 28.6 Å². The first-order valence-corrected chi connectivity index (χ1v) is 12.2. The second kappa shape index (κ2) is 10.1. The molecule has 2 aliphatic rings. The SMILES string of the molecule is CC(C)C1NC2=C(CCN(c3ncccc3C(F)(F)F)C=C2)C(Nc2ccc(C(C)(C)CO)cc2)N1. The van der Waals surface area contributed by atoms with Crippen molar-refractivity contribution in [2.75, 3.05) is 23.4 Å². The molecule has 0 fully saturated rings. The fourth-order valence-electron chi connectivity index (χ4n) is 4.44. The van der Waals surface area contributed by atoms with Gasteiger partial charge in [-0.2, -0.15) is 13.2 Å². The molecule has 4 rings (SSSR count). The first kappa shape index (κ1) is 26.0. The number of aliphatic hydroxyl groups is 1. The maximum absolute atomic E-state index is 13.6. The minimum absolute atomic E-state index is 0.0226. The Balaban J connectivity index is 1.59. The highest BCUT2D eigenvalue weighted by Crippen LogP contribution is 2.36. The van der Waals surface area contributed by atoms with Crippen molar-refractivity contribution in [3.05, 3.63) is 77.3 Å². The normalized spacial score (nSPS) is 20.8. The topological polar surface area (TPSA) is 72.5 Å². The van der Waals surface area contributed by atoms with Crippen LogP contribution in [0.4, 0.5) is 24.7 Å². The number of nitrogens with one attached hydrogen (secondary N) is 3. The Kier molecular flexibility index (Phi) is 7.33. The van der Waals surface area contributed by atoms with Crippen LogP contribution in [0.3, 0.4) is 0 Å². The third-order valence-corrected chi connectivity index (χ3v) is 6.80. The molecule has 0 amide bonds. The van der Waals surface area contributed by atoms with Gasteiger partial charge >= 0.3 is 6.18 Å². The number of rotatable bonds is 6. The van der Waals surface area contributed by atoms with Gasteiger partial charge in [0.05, 0.1) is 18.3 Å². The van der Waals surface area contributed by atoms with E-state index in [4.69, 9.17) is 0 Å². The van der Waals surface area contributed by atoms with E-state index in [0.29, 0.717) is 13.0 Å². The predicted molar refractivity (Wildman–Crippen MR) is 136 cm³/mol. The lowest BCUT2D eigenvalue weighted by Crippen LogP contribution is -2.57. The first-order valence-electron chi connectivity index (χ1n) is 12.2. The Hall–Kier alpha value is -3.04. The summed E-state index contributed by atoms with van der Waals surface area (Å²) in [5, 5.41) is 20.3. The molecule has 0 saturated carbocycles. The second-order valence-electron chi connectivity index (χ2n) is 10.3. The number of pyridine rings is 1. The smallest absolute Gasteiger partial charge is 0.395 e. The zero-order valence-electron chi connectivity index (χ0n) is 21.0. The molecule has 2 aromatic rings. The fourth-order valence-corrected chi connectivity index (χ4v) is 4.44. The highest BCUT2D eigenvalue weighted by atomic mass is 19.4. The van der Waals surface area contributed by atoms with Crippen molar-refractivity contribution in [2.24, 2.45) is 5.92 Å². The Bertz CT molecular complexity index is 1120. The van der Waals surface area contributed by atoms with E-state index in [1.165, 1.54) is 12.3 Å². The maximum Gasteiger partial charge on any atom is 0.419 e. The predicted octanol–water partition coefficient (Wildman–Crippen LogP) is 4.96. The van der Waals surface area contributed by atoms with Gasteiger partial charge in [0.25, 0.3) is 0 Å². The molecule has 1 aromatic carbocycles. The Morgan fingerprint density at radius 2 is 1.89 bits per heavy atom. The summed E-state index contributed by atoms with van der Waals surface area (Å²) in [4.78, 5) is 5.62. The summed E-state index contributed by atoms with van der Waals surface area (Å²) in [5.41, 5.74) is 2.81. The molecule has 2 unspecified atom stereocenters. The number of benzene rings is 1. The molecular weight excluding hydrogens is 467 g/mol. The van der Waals surface area contributed by atoms with Crippen LogP contribution in [-0.4, -0.2) is 35.6 Å². The zero-order valence-corrected chi connectivity index (χ0v) is 21.0. The van der Waals surface area contributed by atoms with Crippen LogP contribution in [0.15, 0.2) is 66.1 Å². The van der Waals surface area contributed by atoms with Crippen LogP contribution < -0.4 is 20.9 Å². The summed E-state index contributed by atoms with van der Waals surface area (Å²) in [5.74, 6) is 0.178.